The normalized spacial score (nSPS) is 16.2. The lowest BCUT2D eigenvalue weighted by Gasteiger charge is -2.44. The molecule has 0 spiro atoms. The number of aromatic nitrogens is 2. The van der Waals surface area contributed by atoms with E-state index in [9.17, 15) is 4.39 Å². The first-order chi connectivity index (χ1) is 14.3. The third-order valence-corrected chi connectivity index (χ3v) is 6.18. The Hall–Kier alpha value is -2.77. The summed E-state index contributed by atoms with van der Waals surface area (Å²) in [4.78, 5) is 13.7. The lowest BCUT2D eigenvalue weighted by molar-refractivity contribution is 0.0611. The molecule has 0 amide bonds. The Balaban J connectivity index is 1.70. The van der Waals surface area contributed by atoms with Gasteiger partial charge in [0.05, 0.1) is 5.52 Å². The summed E-state index contributed by atoms with van der Waals surface area (Å²) < 4.78 is 13.6. The summed E-state index contributed by atoms with van der Waals surface area (Å²) in [6.07, 6.45) is 1.55. The quantitative estimate of drug-likeness (QED) is 0.639. The smallest absolute Gasteiger partial charge is 0.141 e. The van der Waals surface area contributed by atoms with E-state index in [0.717, 1.165) is 54.0 Å². The van der Waals surface area contributed by atoms with Crippen LogP contribution >= 0.6 is 0 Å². The Bertz CT molecular complexity index is 1070. The molecule has 158 valence electrons. The van der Waals surface area contributed by atoms with Gasteiger partial charge in [-0.15, -0.1) is 0 Å². The molecule has 2 aromatic carbocycles. The largest absolute Gasteiger partial charge is 0.398 e. The molecule has 0 unspecified atom stereocenters. The van der Waals surface area contributed by atoms with E-state index in [1.807, 2.05) is 6.07 Å². The molecule has 3 N–H and O–H groups in total. The number of nitrogens with two attached hydrogens (primary N) is 1. The van der Waals surface area contributed by atoms with Crippen LogP contribution in [0.5, 0.6) is 0 Å². The number of likely N-dealkylation sites (N-methyl/N-ethyl adjacent to an activating group) is 1. The Labute approximate surface area is 176 Å². The van der Waals surface area contributed by atoms with E-state index in [0.29, 0.717) is 11.4 Å². The molecule has 0 bridgehead atoms. The van der Waals surface area contributed by atoms with E-state index in [4.69, 9.17) is 5.73 Å². The molecule has 0 saturated carbocycles. The number of piperazine rings is 1. The summed E-state index contributed by atoms with van der Waals surface area (Å²) in [6.45, 7) is 10.3. The topological polar surface area (TPSA) is 70.3 Å². The number of hydrogen-bond acceptors (Lipinski definition) is 6. The molecule has 3 aromatic rings. The van der Waals surface area contributed by atoms with E-state index >= 15 is 0 Å². The number of fused-ring (bicyclic) bond motifs is 1. The van der Waals surface area contributed by atoms with Crippen LogP contribution in [0.25, 0.3) is 10.9 Å². The van der Waals surface area contributed by atoms with Crippen LogP contribution in [0.3, 0.4) is 0 Å². The highest BCUT2D eigenvalue weighted by Crippen LogP contribution is 2.36. The SMILES string of the molecule is Cc1cc(Nc2ncnc3cc(C(C)(C)N4CCN(C)CC4)c(N)cc23)ccc1F. The summed E-state index contributed by atoms with van der Waals surface area (Å²) in [5.74, 6) is 0.426. The van der Waals surface area contributed by atoms with Crippen molar-refractivity contribution < 1.29 is 4.39 Å². The minimum absolute atomic E-state index is 0.202. The van der Waals surface area contributed by atoms with Crippen molar-refractivity contribution in [2.75, 3.05) is 44.3 Å². The molecule has 1 aliphatic rings. The fourth-order valence-electron chi connectivity index (χ4n) is 4.14. The first-order valence-electron chi connectivity index (χ1n) is 10.3. The molecule has 7 heteroatoms. The minimum atomic E-state index is -0.229. The summed E-state index contributed by atoms with van der Waals surface area (Å²) in [7, 11) is 2.16. The number of anilines is 3. The highest BCUT2D eigenvalue weighted by atomic mass is 19.1. The van der Waals surface area contributed by atoms with Crippen LogP contribution in [0.15, 0.2) is 36.7 Å². The van der Waals surface area contributed by atoms with Gasteiger partial charge in [0.2, 0.25) is 0 Å². The van der Waals surface area contributed by atoms with Crippen LogP contribution in [-0.4, -0.2) is 53.0 Å². The second kappa shape index (κ2) is 7.81. The van der Waals surface area contributed by atoms with Gasteiger partial charge in [-0.2, -0.15) is 0 Å². The third-order valence-electron chi connectivity index (χ3n) is 6.18. The fraction of sp³-hybridized carbons (Fsp3) is 0.391. The van der Waals surface area contributed by atoms with Crippen molar-refractivity contribution in [2.45, 2.75) is 26.3 Å². The monoisotopic (exact) mass is 408 g/mol. The summed E-state index contributed by atoms with van der Waals surface area (Å²) in [6, 6.07) is 8.93. The molecule has 30 heavy (non-hydrogen) atoms. The summed E-state index contributed by atoms with van der Waals surface area (Å²) in [5, 5.41) is 4.12. The van der Waals surface area contributed by atoms with Gasteiger partial charge >= 0.3 is 0 Å². The molecule has 4 rings (SSSR count). The van der Waals surface area contributed by atoms with E-state index in [2.05, 4.69) is 52.0 Å². The molecule has 1 aromatic heterocycles. The average molecular weight is 409 g/mol. The van der Waals surface area contributed by atoms with Crippen molar-refractivity contribution in [1.82, 2.24) is 19.8 Å². The predicted molar refractivity (Wildman–Crippen MR) is 120 cm³/mol. The number of nitrogens with zero attached hydrogens (tertiary/aromatic N) is 4. The van der Waals surface area contributed by atoms with Crippen molar-refractivity contribution in [3.05, 3.63) is 53.6 Å². The molecule has 0 radical (unpaired) electrons. The van der Waals surface area contributed by atoms with Gasteiger partial charge in [-0.1, -0.05) is 0 Å². The van der Waals surface area contributed by atoms with Crippen molar-refractivity contribution in [2.24, 2.45) is 0 Å². The number of nitrogen functional groups attached to an aromatic ring is 1. The maximum atomic E-state index is 13.6. The Morgan fingerprint density at radius 2 is 1.80 bits per heavy atom. The van der Waals surface area contributed by atoms with E-state index in [1.54, 1.807) is 25.4 Å². The predicted octanol–water partition coefficient (Wildman–Crippen LogP) is 3.89. The van der Waals surface area contributed by atoms with Gasteiger partial charge in [0.25, 0.3) is 0 Å². The minimum Gasteiger partial charge on any atom is -0.398 e. The van der Waals surface area contributed by atoms with Gasteiger partial charge in [0.1, 0.15) is 18.0 Å². The number of benzene rings is 2. The number of aryl methyl sites for hydroxylation is 1. The fourth-order valence-corrected chi connectivity index (χ4v) is 4.14. The Kier molecular flexibility index (Phi) is 5.34. The first kappa shape index (κ1) is 20.5. The van der Waals surface area contributed by atoms with Crippen LogP contribution in [0.4, 0.5) is 21.6 Å². The van der Waals surface area contributed by atoms with Gasteiger partial charge in [0, 0.05) is 48.5 Å². The van der Waals surface area contributed by atoms with Crippen molar-refractivity contribution >= 4 is 28.1 Å². The number of nitrogens with one attached hydrogen (secondary N) is 1. The van der Waals surface area contributed by atoms with Crippen LogP contribution < -0.4 is 11.1 Å². The average Bonchev–Trinajstić information content (AvgIpc) is 2.71. The zero-order valence-electron chi connectivity index (χ0n) is 18.0. The zero-order valence-corrected chi connectivity index (χ0v) is 18.0. The van der Waals surface area contributed by atoms with Crippen molar-refractivity contribution in [3.63, 3.8) is 0 Å². The lowest BCUT2D eigenvalue weighted by atomic mass is 9.89. The van der Waals surface area contributed by atoms with Crippen LogP contribution in [0.2, 0.25) is 0 Å². The number of rotatable bonds is 4. The molecule has 0 atom stereocenters. The van der Waals surface area contributed by atoms with Crippen LogP contribution in [0, 0.1) is 12.7 Å². The summed E-state index contributed by atoms with van der Waals surface area (Å²) in [5.41, 5.74) is 10.3. The Morgan fingerprint density at radius 1 is 1.07 bits per heavy atom. The van der Waals surface area contributed by atoms with Crippen LogP contribution in [-0.2, 0) is 5.54 Å². The Morgan fingerprint density at radius 3 is 2.50 bits per heavy atom. The molecule has 1 saturated heterocycles. The second-order valence-electron chi connectivity index (χ2n) is 8.62. The molecular weight excluding hydrogens is 379 g/mol. The van der Waals surface area contributed by atoms with Gasteiger partial charge < -0.3 is 16.0 Å². The molecule has 1 aliphatic heterocycles. The summed E-state index contributed by atoms with van der Waals surface area (Å²) >= 11 is 0. The highest BCUT2D eigenvalue weighted by Gasteiger charge is 2.32. The first-order valence-corrected chi connectivity index (χ1v) is 10.3. The lowest BCUT2D eigenvalue weighted by Crippen LogP contribution is -2.52. The number of halogens is 1. The van der Waals surface area contributed by atoms with E-state index in [-0.39, 0.29) is 11.4 Å². The third kappa shape index (κ3) is 3.82. The second-order valence-corrected chi connectivity index (χ2v) is 8.62. The maximum Gasteiger partial charge on any atom is 0.141 e. The van der Waals surface area contributed by atoms with Gasteiger partial charge in [-0.25, -0.2) is 14.4 Å². The number of hydrogen-bond donors (Lipinski definition) is 2. The van der Waals surface area contributed by atoms with Crippen LogP contribution in [0.1, 0.15) is 25.0 Å². The van der Waals surface area contributed by atoms with Gasteiger partial charge in [0.15, 0.2) is 0 Å². The van der Waals surface area contributed by atoms with Crippen molar-refractivity contribution in [1.29, 1.82) is 0 Å². The van der Waals surface area contributed by atoms with Crippen molar-refractivity contribution in [3.8, 4) is 0 Å². The molecule has 6 nitrogen and oxygen atoms in total. The highest BCUT2D eigenvalue weighted by molar-refractivity contribution is 5.93. The molecular formula is C23H29FN6. The van der Waals surface area contributed by atoms with E-state index in [1.165, 1.54) is 6.07 Å². The maximum absolute atomic E-state index is 13.6. The molecule has 2 heterocycles. The standard InChI is InChI=1S/C23H29FN6/c1-15-11-16(5-6-19(15)24)28-22-17-12-20(25)18(13-21(17)26-14-27-22)23(2,3)30-9-7-29(4)8-10-30/h5-6,11-14H,7-10,25H2,1-4H3,(H,26,27,28). The zero-order chi connectivity index (χ0) is 21.5. The van der Waals surface area contributed by atoms with Gasteiger partial charge in [-0.3, -0.25) is 4.90 Å². The van der Waals surface area contributed by atoms with E-state index < -0.39 is 0 Å². The molecule has 1 fully saturated rings. The van der Waals surface area contributed by atoms with Gasteiger partial charge in [-0.05, 0) is 69.3 Å². The molecule has 0 aliphatic carbocycles.